The molecule has 0 aromatic heterocycles. The van der Waals surface area contributed by atoms with Crippen LogP contribution in [-0.4, -0.2) is 57.7 Å². The average molecular weight is 350 g/mol. The van der Waals surface area contributed by atoms with Crippen LogP contribution in [0.25, 0.3) is 0 Å². The van der Waals surface area contributed by atoms with Gasteiger partial charge in [0.05, 0.1) is 6.61 Å². The minimum absolute atomic E-state index is 0.0384. The van der Waals surface area contributed by atoms with Gasteiger partial charge in [0, 0.05) is 58.6 Å². The van der Waals surface area contributed by atoms with Gasteiger partial charge in [-0.05, 0) is 30.7 Å². The summed E-state index contributed by atoms with van der Waals surface area (Å²) in [5, 5.41) is 5.70. The van der Waals surface area contributed by atoms with Crippen LogP contribution in [0.4, 0.5) is 16.2 Å². The monoisotopic (exact) mass is 350 g/mol. The van der Waals surface area contributed by atoms with Crippen molar-refractivity contribution in [3.05, 3.63) is 23.8 Å². The van der Waals surface area contributed by atoms with Crippen molar-refractivity contribution in [2.24, 2.45) is 0 Å². The summed E-state index contributed by atoms with van der Waals surface area (Å²) in [4.78, 5) is 27.7. The van der Waals surface area contributed by atoms with E-state index < -0.39 is 0 Å². The van der Waals surface area contributed by atoms with E-state index in [4.69, 9.17) is 4.74 Å². The number of anilines is 2. The largest absolute Gasteiger partial charge is 0.383 e. The van der Waals surface area contributed by atoms with Crippen LogP contribution in [0.15, 0.2) is 18.2 Å². The van der Waals surface area contributed by atoms with Gasteiger partial charge in [0.2, 0.25) is 5.91 Å². The Bertz CT molecular complexity index is 575. The molecule has 0 heterocycles. The van der Waals surface area contributed by atoms with Gasteiger partial charge in [0.1, 0.15) is 0 Å². The minimum Gasteiger partial charge on any atom is -0.383 e. The number of amides is 3. The van der Waals surface area contributed by atoms with Crippen molar-refractivity contribution in [2.45, 2.75) is 26.8 Å². The summed E-state index contributed by atoms with van der Waals surface area (Å²) >= 11 is 0. The molecule has 0 fully saturated rings. The maximum Gasteiger partial charge on any atom is 0.317 e. The van der Waals surface area contributed by atoms with Crippen molar-refractivity contribution in [1.29, 1.82) is 0 Å². The summed E-state index contributed by atoms with van der Waals surface area (Å²) in [6.45, 7) is 5.64. The van der Waals surface area contributed by atoms with Gasteiger partial charge in [-0.15, -0.1) is 0 Å². The summed E-state index contributed by atoms with van der Waals surface area (Å²) in [6.07, 6.45) is 0.420. The number of nitrogens with zero attached hydrogens (tertiary/aromatic N) is 2. The van der Waals surface area contributed by atoms with E-state index in [0.29, 0.717) is 32.7 Å². The third-order valence-corrected chi connectivity index (χ3v) is 3.71. The Balaban J connectivity index is 3.08. The van der Waals surface area contributed by atoms with E-state index in [-0.39, 0.29) is 11.9 Å². The lowest BCUT2D eigenvalue weighted by Crippen LogP contribution is -2.41. The molecule has 0 bridgehead atoms. The number of ether oxygens (including phenoxy) is 1. The second-order valence-corrected chi connectivity index (χ2v) is 5.89. The van der Waals surface area contributed by atoms with E-state index in [9.17, 15) is 9.59 Å². The Morgan fingerprint density at radius 2 is 1.92 bits per heavy atom. The number of carbonyl (C=O) groups is 2. The summed E-state index contributed by atoms with van der Waals surface area (Å²) in [5.41, 5.74) is 2.69. The van der Waals surface area contributed by atoms with Crippen LogP contribution in [0.1, 0.15) is 25.8 Å². The molecule has 0 atom stereocenters. The van der Waals surface area contributed by atoms with E-state index in [0.717, 1.165) is 16.9 Å². The smallest absolute Gasteiger partial charge is 0.317 e. The molecule has 0 aliphatic rings. The van der Waals surface area contributed by atoms with Crippen LogP contribution in [-0.2, 0) is 16.1 Å². The molecule has 25 heavy (non-hydrogen) atoms. The molecular weight excluding hydrogens is 320 g/mol. The second kappa shape index (κ2) is 10.6. The highest BCUT2D eigenvalue weighted by atomic mass is 16.5. The van der Waals surface area contributed by atoms with Crippen molar-refractivity contribution < 1.29 is 14.3 Å². The molecule has 3 amide bonds. The molecule has 0 spiro atoms. The van der Waals surface area contributed by atoms with Crippen molar-refractivity contribution in [1.82, 2.24) is 10.2 Å². The Morgan fingerprint density at radius 3 is 2.48 bits per heavy atom. The number of carbonyl (C=O) groups excluding carboxylic acids is 2. The third kappa shape index (κ3) is 6.62. The van der Waals surface area contributed by atoms with Crippen LogP contribution in [0.3, 0.4) is 0 Å². The quantitative estimate of drug-likeness (QED) is 0.717. The predicted molar refractivity (Wildman–Crippen MR) is 101 cm³/mol. The van der Waals surface area contributed by atoms with Crippen LogP contribution in [0, 0.1) is 0 Å². The van der Waals surface area contributed by atoms with Crippen LogP contribution >= 0.6 is 0 Å². The number of methoxy groups -OCH3 is 1. The van der Waals surface area contributed by atoms with Gasteiger partial charge in [-0.1, -0.05) is 6.92 Å². The van der Waals surface area contributed by atoms with E-state index >= 15 is 0 Å². The fraction of sp³-hybridized carbons (Fsp3) is 0.556. The maximum atomic E-state index is 12.3. The maximum absolute atomic E-state index is 12.3. The molecule has 0 unspecified atom stereocenters. The van der Waals surface area contributed by atoms with E-state index in [1.54, 1.807) is 12.0 Å². The zero-order valence-corrected chi connectivity index (χ0v) is 15.9. The highest BCUT2D eigenvalue weighted by molar-refractivity contribution is 5.90. The lowest BCUT2D eigenvalue weighted by Gasteiger charge is -2.26. The number of benzene rings is 1. The predicted octanol–water partition coefficient (Wildman–Crippen LogP) is 2.28. The fourth-order valence-electron chi connectivity index (χ4n) is 2.40. The SMILES string of the molecule is CCNC(=O)N(CCOC)Cc1cc(NC(=O)CC)ccc1N(C)C. The fourth-order valence-corrected chi connectivity index (χ4v) is 2.40. The standard InChI is InChI=1S/C18H30N4O3/c1-6-17(23)20-15-8-9-16(21(3)4)14(12-15)13-22(10-11-25-5)18(24)19-7-2/h8-9,12H,6-7,10-11,13H2,1-5H3,(H,19,24)(H,20,23). The zero-order valence-electron chi connectivity index (χ0n) is 15.9. The van der Waals surface area contributed by atoms with Gasteiger partial charge in [-0.25, -0.2) is 4.79 Å². The normalized spacial score (nSPS) is 10.3. The highest BCUT2D eigenvalue weighted by Crippen LogP contribution is 2.24. The summed E-state index contributed by atoms with van der Waals surface area (Å²) in [7, 11) is 5.52. The number of rotatable bonds is 9. The average Bonchev–Trinajstić information content (AvgIpc) is 2.58. The second-order valence-electron chi connectivity index (χ2n) is 5.89. The summed E-state index contributed by atoms with van der Waals surface area (Å²) in [6, 6.07) is 5.61. The van der Waals surface area contributed by atoms with Crippen molar-refractivity contribution in [3.8, 4) is 0 Å². The molecule has 0 radical (unpaired) electrons. The molecule has 0 aliphatic carbocycles. The minimum atomic E-state index is -0.132. The first-order valence-corrected chi connectivity index (χ1v) is 8.54. The van der Waals surface area contributed by atoms with Crippen molar-refractivity contribution >= 4 is 23.3 Å². The molecule has 1 aromatic rings. The number of hydrogen-bond donors (Lipinski definition) is 2. The van der Waals surface area contributed by atoms with Gasteiger partial charge in [-0.3, -0.25) is 4.79 Å². The van der Waals surface area contributed by atoms with Gasteiger partial charge in [0.15, 0.2) is 0 Å². The summed E-state index contributed by atoms with van der Waals surface area (Å²) in [5.74, 6) is -0.0384. The van der Waals surface area contributed by atoms with Crippen molar-refractivity contribution in [2.75, 3.05) is 51.1 Å². The van der Waals surface area contributed by atoms with E-state index in [2.05, 4.69) is 10.6 Å². The van der Waals surface area contributed by atoms with E-state index in [1.807, 2.05) is 51.0 Å². The molecule has 2 N–H and O–H groups in total. The topological polar surface area (TPSA) is 73.9 Å². The molecule has 1 rings (SSSR count). The Kier molecular flexibility index (Phi) is 8.77. The zero-order chi connectivity index (χ0) is 18.8. The number of hydrogen-bond acceptors (Lipinski definition) is 4. The third-order valence-electron chi connectivity index (χ3n) is 3.71. The van der Waals surface area contributed by atoms with Crippen LogP contribution in [0.5, 0.6) is 0 Å². The highest BCUT2D eigenvalue weighted by Gasteiger charge is 2.16. The van der Waals surface area contributed by atoms with E-state index in [1.165, 1.54) is 0 Å². The lowest BCUT2D eigenvalue weighted by molar-refractivity contribution is -0.115. The molecule has 0 saturated heterocycles. The first-order valence-electron chi connectivity index (χ1n) is 8.54. The molecular formula is C18H30N4O3. The number of nitrogens with one attached hydrogen (secondary N) is 2. The van der Waals surface area contributed by atoms with Gasteiger partial charge in [-0.2, -0.15) is 0 Å². The van der Waals surface area contributed by atoms with Gasteiger partial charge in [0.25, 0.3) is 0 Å². The molecule has 1 aromatic carbocycles. The summed E-state index contributed by atoms with van der Waals surface area (Å²) < 4.78 is 5.12. The number of urea groups is 1. The molecule has 140 valence electrons. The molecule has 7 heteroatoms. The van der Waals surface area contributed by atoms with Crippen LogP contribution in [0.2, 0.25) is 0 Å². The molecule has 7 nitrogen and oxygen atoms in total. The Labute approximate surface area is 150 Å². The molecule has 0 aliphatic heterocycles. The van der Waals surface area contributed by atoms with Crippen LogP contribution < -0.4 is 15.5 Å². The molecule has 0 saturated carbocycles. The first kappa shape index (κ1) is 20.8. The Morgan fingerprint density at radius 1 is 1.20 bits per heavy atom. The lowest BCUT2D eigenvalue weighted by atomic mass is 10.1. The van der Waals surface area contributed by atoms with Gasteiger partial charge >= 0.3 is 6.03 Å². The first-order chi connectivity index (χ1) is 11.9. The van der Waals surface area contributed by atoms with Gasteiger partial charge < -0.3 is 25.2 Å². The Hall–Kier alpha value is -2.28. The van der Waals surface area contributed by atoms with Crippen molar-refractivity contribution in [3.63, 3.8) is 0 Å².